The Morgan fingerprint density at radius 2 is 1.78 bits per heavy atom. The maximum atomic E-state index is 13.2. The number of fused-ring (bicyclic) bond motifs is 4. The summed E-state index contributed by atoms with van der Waals surface area (Å²) in [5.74, 6) is 0.406. The van der Waals surface area contributed by atoms with E-state index in [2.05, 4.69) is 20.2 Å². The van der Waals surface area contributed by atoms with Gasteiger partial charge < -0.3 is 24.9 Å². The molecule has 9 nitrogen and oxygen atoms in total. The number of aromatic nitrogens is 4. The van der Waals surface area contributed by atoms with E-state index in [4.69, 9.17) is 0 Å². The Balaban J connectivity index is 1.04. The molecule has 0 saturated carbocycles. The third-order valence-electron chi connectivity index (χ3n) is 7.43. The summed E-state index contributed by atoms with van der Waals surface area (Å²) in [4.78, 5) is 35.4. The molecule has 0 radical (unpaired) electrons. The summed E-state index contributed by atoms with van der Waals surface area (Å²) in [5, 5.41) is 13.7. The number of H-pyrrole nitrogens is 1. The van der Waals surface area contributed by atoms with E-state index in [-0.39, 0.29) is 23.4 Å². The Kier molecular flexibility index (Phi) is 5.85. The summed E-state index contributed by atoms with van der Waals surface area (Å²) >= 11 is 0. The first-order chi connectivity index (χ1) is 17.6. The van der Waals surface area contributed by atoms with Crippen LogP contribution >= 0.6 is 0 Å². The molecule has 2 aromatic heterocycles. The first-order valence-electron chi connectivity index (χ1n) is 12.7. The number of rotatable bonds is 6. The van der Waals surface area contributed by atoms with Crippen LogP contribution in [-0.4, -0.2) is 60.7 Å². The van der Waals surface area contributed by atoms with Gasteiger partial charge in [0, 0.05) is 38.6 Å². The van der Waals surface area contributed by atoms with Crippen molar-refractivity contribution in [2.45, 2.75) is 44.8 Å². The molecular formula is C27H30N6O3. The lowest BCUT2D eigenvalue weighted by Crippen LogP contribution is -2.45. The van der Waals surface area contributed by atoms with Crippen LogP contribution in [0.5, 0.6) is 0 Å². The van der Waals surface area contributed by atoms with E-state index in [9.17, 15) is 14.7 Å². The van der Waals surface area contributed by atoms with Crippen LogP contribution in [0.3, 0.4) is 0 Å². The topological polar surface area (TPSA) is 108 Å². The summed E-state index contributed by atoms with van der Waals surface area (Å²) in [6, 6.07) is 15.6. The van der Waals surface area contributed by atoms with Crippen LogP contribution in [0, 0.1) is 0 Å². The molecule has 2 aromatic carbocycles. The summed E-state index contributed by atoms with van der Waals surface area (Å²) in [6.07, 6.45) is 3.01. The molecule has 4 heterocycles. The maximum Gasteiger partial charge on any atom is 0.326 e. The van der Waals surface area contributed by atoms with Crippen molar-refractivity contribution in [1.29, 1.82) is 0 Å². The Hall–Kier alpha value is -3.85. The van der Waals surface area contributed by atoms with E-state index in [0.717, 1.165) is 61.0 Å². The van der Waals surface area contributed by atoms with Crippen molar-refractivity contribution in [2.24, 2.45) is 0 Å². The largest absolute Gasteiger partial charge is 0.511 e. The molecule has 2 aliphatic rings. The number of aliphatic hydroxyl groups excluding tert-OH is 1. The molecule has 6 rings (SSSR count). The number of likely N-dealkylation sites (tertiary alicyclic amines) is 1. The van der Waals surface area contributed by atoms with Gasteiger partial charge in [0.1, 0.15) is 17.2 Å². The molecule has 1 fully saturated rings. The number of amides is 1. The number of aryl methyl sites for hydroxylation is 2. The van der Waals surface area contributed by atoms with Gasteiger partial charge in [-0.1, -0.05) is 24.3 Å². The van der Waals surface area contributed by atoms with E-state index in [0.29, 0.717) is 30.9 Å². The van der Waals surface area contributed by atoms with Gasteiger partial charge in [-0.3, -0.25) is 9.36 Å². The summed E-state index contributed by atoms with van der Waals surface area (Å²) < 4.78 is 3.82. The smallest absolute Gasteiger partial charge is 0.326 e. The predicted octanol–water partition coefficient (Wildman–Crippen LogP) is 3.02. The zero-order valence-electron chi connectivity index (χ0n) is 20.1. The van der Waals surface area contributed by atoms with Gasteiger partial charge in [0.25, 0.3) is 5.91 Å². The van der Waals surface area contributed by atoms with Crippen LogP contribution in [-0.2, 0) is 17.9 Å². The first kappa shape index (κ1) is 22.6. The minimum Gasteiger partial charge on any atom is -0.511 e. The number of nitrogens with one attached hydrogen (secondary N) is 2. The van der Waals surface area contributed by atoms with Crippen LogP contribution in [0.2, 0.25) is 0 Å². The van der Waals surface area contributed by atoms with Gasteiger partial charge >= 0.3 is 5.69 Å². The van der Waals surface area contributed by atoms with Crippen LogP contribution in [0.1, 0.15) is 31.5 Å². The third-order valence-corrected chi connectivity index (χ3v) is 7.43. The lowest BCUT2D eigenvalue weighted by Gasteiger charge is -2.32. The minimum absolute atomic E-state index is 0.0602. The molecule has 0 atom stereocenters. The van der Waals surface area contributed by atoms with Gasteiger partial charge in [0.05, 0.1) is 22.1 Å². The van der Waals surface area contributed by atoms with Crippen molar-refractivity contribution in [3.8, 4) is 0 Å². The number of aromatic amines is 1. The van der Waals surface area contributed by atoms with E-state index < -0.39 is 0 Å². The molecule has 9 heteroatoms. The Morgan fingerprint density at radius 1 is 1.03 bits per heavy atom. The summed E-state index contributed by atoms with van der Waals surface area (Å²) in [6.45, 7) is 3.96. The molecular weight excluding hydrogens is 456 g/mol. The quantitative estimate of drug-likeness (QED) is 0.388. The monoisotopic (exact) mass is 486 g/mol. The average Bonchev–Trinajstić information content (AvgIpc) is 3.41. The first-order valence-corrected chi connectivity index (χ1v) is 12.7. The fourth-order valence-corrected chi connectivity index (χ4v) is 5.54. The highest BCUT2D eigenvalue weighted by molar-refractivity contribution is 6.20. The Labute approximate surface area is 208 Å². The zero-order chi connectivity index (χ0) is 24.6. The number of hydrogen-bond donors (Lipinski definition) is 3. The van der Waals surface area contributed by atoms with Crippen LogP contribution in [0.4, 0.5) is 0 Å². The summed E-state index contributed by atoms with van der Waals surface area (Å²) in [7, 11) is 0. The SMILES string of the molecule is O=C(NC1CCN(CCCn2c(=O)[nH]c3ccccc32)CC1)C1=C(O)CCn2c1nc1ccccc12. The number of carbonyl (C=O) groups excluding carboxylic acids is 1. The number of benzene rings is 2. The molecule has 1 saturated heterocycles. The van der Waals surface area contributed by atoms with Crippen LogP contribution < -0.4 is 11.0 Å². The number of hydrogen-bond acceptors (Lipinski definition) is 5. The van der Waals surface area contributed by atoms with Crippen molar-refractivity contribution in [2.75, 3.05) is 19.6 Å². The fraction of sp³-hybridized carbons (Fsp3) is 0.370. The normalized spacial score (nSPS) is 17.1. The summed E-state index contributed by atoms with van der Waals surface area (Å²) in [5.41, 5.74) is 3.85. The van der Waals surface area contributed by atoms with E-state index in [1.807, 2.05) is 53.1 Å². The van der Waals surface area contributed by atoms with Gasteiger partial charge in [0.2, 0.25) is 0 Å². The highest BCUT2D eigenvalue weighted by Crippen LogP contribution is 2.30. The van der Waals surface area contributed by atoms with Gasteiger partial charge in [-0.15, -0.1) is 0 Å². The van der Waals surface area contributed by atoms with Crippen molar-refractivity contribution in [3.63, 3.8) is 0 Å². The predicted molar refractivity (Wildman–Crippen MR) is 139 cm³/mol. The van der Waals surface area contributed by atoms with Crippen molar-refractivity contribution in [1.82, 2.24) is 29.3 Å². The second-order valence-electron chi connectivity index (χ2n) is 9.69. The molecule has 0 bridgehead atoms. The van der Waals surface area contributed by atoms with E-state index in [1.165, 1.54) is 0 Å². The van der Waals surface area contributed by atoms with Gasteiger partial charge in [-0.05, 0) is 50.1 Å². The number of imidazole rings is 2. The molecule has 36 heavy (non-hydrogen) atoms. The van der Waals surface area contributed by atoms with E-state index >= 15 is 0 Å². The second kappa shape index (κ2) is 9.31. The Morgan fingerprint density at radius 3 is 2.61 bits per heavy atom. The van der Waals surface area contributed by atoms with Crippen LogP contribution in [0.25, 0.3) is 27.6 Å². The number of carbonyl (C=O) groups is 1. The highest BCUT2D eigenvalue weighted by atomic mass is 16.3. The number of piperidine rings is 1. The lowest BCUT2D eigenvalue weighted by molar-refractivity contribution is -0.116. The van der Waals surface area contributed by atoms with Crippen LogP contribution in [0.15, 0.2) is 59.1 Å². The van der Waals surface area contributed by atoms with Crippen molar-refractivity contribution < 1.29 is 9.90 Å². The lowest BCUT2D eigenvalue weighted by atomic mass is 10.0. The van der Waals surface area contributed by atoms with Gasteiger partial charge in [0.15, 0.2) is 0 Å². The number of para-hydroxylation sites is 4. The molecule has 186 valence electrons. The van der Waals surface area contributed by atoms with Gasteiger partial charge in [-0.25, -0.2) is 9.78 Å². The maximum absolute atomic E-state index is 13.2. The third kappa shape index (κ3) is 4.09. The molecule has 4 aromatic rings. The fourth-order valence-electron chi connectivity index (χ4n) is 5.54. The van der Waals surface area contributed by atoms with Crippen molar-refractivity contribution in [3.05, 3.63) is 70.6 Å². The molecule has 1 amide bonds. The number of nitrogens with zero attached hydrogens (tertiary/aromatic N) is 4. The standard InChI is InChI=1S/C27H30N6O3/c34-23-12-17-32-21-8-3-1-6-19(21)29-25(32)24(23)26(35)28-18-10-15-31(16-11-18)13-5-14-33-22-9-4-2-7-20(22)30-27(33)36/h1-4,6-9,18,34H,5,10-17H2,(H,28,35)(H,30,36). The number of allylic oxidation sites excluding steroid dienone is 1. The minimum atomic E-state index is -0.249. The Bertz CT molecular complexity index is 1520. The highest BCUT2D eigenvalue weighted by Gasteiger charge is 2.30. The van der Waals surface area contributed by atoms with Gasteiger partial charge in [-0.2, -0.15) is 0 Å². The molecule has 0 unspecified atom stereocenters. The molecule has 0 aliphatic carbocycles. The van der Waals surface area contributed by atoms with Crippen molar-refractivity contribution >= 4 is 33.5 Å². The molecule has 3 N–H and O–H groups in total. The second-order valence-corrected chi connectivity index (χ2v) is 9.69. The molecule has 2 aliphatic heterocycles. The molecule has 0 spiro atoms. The average molecular weight is 487 g/mol. The number of aliphatic hydroxyl groups is 1. The zero-order valence-corrected chi connectivity index (χ0v) is 20.1. The van der Waals surface area contributed by atoms with E-state index in [1.54, 1.807) is 4.57 Å².